The van der Waals surface area contributed by atoms with E-state index >= 15 is 0 Å². The number of hydrogen-bond acceptors (Lipinski definition) is 6. The number of aliphatic hydroxyl groups excluding tert-OH is 1. The molecule has 1 aromatic carbocycles. The van der Waals surface area contributed by atoms with Crippen LogP contribution in [-0.4, -0.2) is 42.1 Å². The van der Waals surface area contributed by atoms with Crippen molar-refractivity contribution in [2.75, 3.05) is 18.2 Å². The lowest BCUT2D eigenvalue weighted by Gasteiger charge is -2.14. The second kappa shape index (κ2) is 7.37. The highest BCUT2D eigenvalue weighted by Crippen LogP contribution is 2.39. The van der Waals surface area contributed by atoms with Gasteiger partial charge in [0.2, 0.25) is 5.91 Å². The molecule has 8 nitrogen and oxygen atoms in total. The molecule has 0 fully saturated rings. The van der Waals surface area contributed by atoms with Crippen LogP contribution in [-0.2, 0) is 27.9 Å². The molecule has 1 amide bonds. The van der Waals surface area contributed by atoms with E-state index in [0.717, 1.165) is 23.1 Å². The van der Waals surface area contributed by atoms with Gasteiger partial charge in [-0.25, -0.2) is 8.42 Å². The second-order valence-corrected chi connectivity index (χ2v) is 7.64. The number of nitrogens with zero attached hydrogens (tertiary/aromatic N) is 2. The van der Waals surface area contributed by atoms with E-state index in [2.05, 4.69) is 5.10 Å². The molecule has 0 bridgehead atoms. The number of sulfone groups is 1. The van der Waals surface area contributed by atoms with Gasteiger partial charge in [-0.05, 0) is 12.1 Å². The van der Waals surface area contributed by atoms with Crippen molar-refractivity contribution in [1.29, 1.82) is 0 Å². The Morgan fingerprint density at radius 2 is 2.04 bits per heavy atom. The first-order valence-electron chi connectivity index (χ1n) is 7.07. The van der Waals surface area contributed by atoms with Gasteiger partial charge in [-0.2, -0.15) is 13.2 Å². The van der Waals surface area contributed by atoms with Gasteiger partial charge in [0.25, 0.3) is 5.88 Å². The number of halogens is 4. The minimum Gasteiger partial charge on any atom is -0.436 e. The summed E-state index contributed by atoms with van der Waals surface area (Å²) >= 11 is 5.94. The van der Waals surface area contributed by atoms with Crippen molar-refractivity contribution >= 4 is 33.0 Å². The molecule has 0 aliphatic heterocycles. The summed E-state index contributed by atoms with van der Waals surface area (Å²) in [6.07, 6.45) is -3.87. The Balaban J connectivity index is 2.46. The summed E-state index contributed by atoms with van der Waals surface area (Å²) in [7, 11) is -2.43. The van der Waals surface area contributed by atoms with Crippen molar-refractivity contribution in [3.05, 3.63) is 28.8 Å². The maximum absolute atomic E-state index is 13.1. The number of rotatable bonds is 5. The molecule has 0 unspecified atom stereocenters. The zero-order valence-electron chi connectivity index (χ0n) is 13.8. The van der Waals surface area contributed by atoms with Crippen LogP contribution in [0.25, 0.3) is 0 Å². The normalized spacial score (nSPS) is 12.1. The molecule has 0 spiro atoms. The molecule has 1 aromatic heterocycles. The van der Waals surface area contributed by atoms with Crippen molar-refractivity contribution in [1.82, 2.24) is 9.78 Å². The molecule has 0 saturated carbocycles. The highest BCUT2D eigenvalue weighted by molar-refractivity contribution is 7.90. The number of aryl methyl sites for hydroxylation is 1. The lowest BCUT2D eigenvalue weighted by molar-refractivity contribution is -0.137. The Labute approximate surface area is 156 Å². The molecular weight excluding hydrogens is 415 g/mol. The Hall–Kier alpha value is -2.31. The number of benzene rings is 1. The van der Waals surface area contributed by atoms with E-state index in [4.69, 9.17) is 21.4 Å². The van der Waals surface area contributed by atoms with E-state index in [-0.39, 0.29) is 21.7 Å². The molecule has 2 N–H and O–H groups in total. The molecule has 0 atom stereocenters. The fourth-order valence-electron chi connectivity index (χ4n) is 2.17. The smallest absolute Gasteiger partial charge is 0.418 e. The van der Waals surface area contributed by atoms with Gasteiger partial charge < -0.3 is 15.2 Å². The van der Waals surface area contributed by atoms with Crippen LogP contribution in [0, 0.1) is 0 Å². The third-order valence-electron chi connectivity index (χ3n) is 3.19. The van der Waals surface area contributed by atoms with Gasteiger partial charge in [0.15, 0.2) is 14.9 Å². The first kappa shape index (κ1) is 21.0. The van der Waals surface area contributed by atoms with Crippen LogP contribution in [0.2, 0.25) is 5.02 Å². The van der Waals surface area contributed by atoms with Gasteiger partial charge in [-0.3, -0.25) is 9.48 Å². The number of amides is 1. The largest absolute Gasteiger partial charge is 0.436 e. The van der Waals surface area contributed by atoms with Gasteiger partial charge in [0.1, 0.15) is 17.4 Å². The quantitative estimate of drug-likeness (QED) is 0.757. The number of alkyl halides is 3. The minimum absolute atomic E-state index is 0.198. The van der Waals surface area contributed by atoms with Gasteiger partial charge in [0.05, 0.1) is 11.3 Å². The number of anilines is 1. The summed E-state index contributed by atoms with van der Waals surface area (Å²) in [5.74, 6) is -1.61. The number of hydrogen-bond donors (Lipinski definition) is 2. The molecule has 0 aliphatic rings. The van der Waals surface area contributed by atoms with E-state index in [9.17, 15) is 26.4 Å². The van der Waals surface area contributed by atoms with Gasteiger partial charge in [0, 0.05) is 19.4 Å². The van der Waals surface area contributed by atoms with Gasteiger partial charge in [-0.1, -0.05) is 11.6 Å². The van der Waals surface area contributed by atoms with Gasteiger partial charge in [-0.15, -0.1) is 5.10 Å². The van der Waals surface area contributed by atoms with Crippen LogP contribution in [0.1, 0.15) is 5.56 Å². The highest BCUT2D eigenvalue weighted by Gasteiger charge is 2.34. The van der Waals surface area contributed by atoms with Crippen LogP contribution in [0.4, 0.5) is 18.9 Å². The average Bonchev–Trinajstić information content (AvgIpc) is 2.79. The molecule has 27 heavy (non-hydrogen) atoms. The number of nitrogens with one attached hydrogen (secondary N) is 1. The van der Waals surface area contributed by atoms with E-state index in [0.29, 0.717) is 6.07 Å². The predicted molar refractivity (Wildman–Crippen MR) is 88.6 cm³/mol. The third-order valence-corrected chi connectivity index (χ3v) is 4.81. The van der Waals surface area contributed by atoms with Crippen LogP contribution < -0.4 is 10.1 Å². The van der Waals surface area contributed by atoms with Crippen LogP contribution in [0.5, 0.6) is 11.6 Å². The maximum atomic E-state index is 13.1. The molecule has 0 aliphatic carbocycles. The second-order valence-electron chi connectivity index (χ2n) is 5.33. The van der Waals surface area contributed by atoms with Crippen LogP contribution >= 0.6 is 11.6 Å². The lowest BCUT2D eigenvalue weighted by atomic mass is 10.1. The fraction of sp³-hybridized carbons (Fsp3) is 0.286. The summed E-state index contributed by atoms with van der Waals surface area (Å²) in [6, 6.07) is 2.45. The summed E-state index contributed by atoms with van der Waals surface area (Å²) in [5, 5.41) is 13.7. The topological polar surface area (TPSA) is 111 Å². The zero-order chi connectivity index (χ0) is 20.6. The molecular formula is C14H13ClF3N3O5S. The van der Waals surface area contributed by atoms with E-state index in [1.165, 1.54) is 7.05 Å². The van der Waals surface area contributed by atoms with Crippen LogP contribution in [0.3, 0.4) is 0 Å². The summed E-state index contributed by atoms with van der Waals surface area (Å²) < 4.78 is 68.8. The van der Waals surface area contributed by atoms with Crippen molar-refractivity contribution < 1.29 is 36.2 Å². The van der Waals surface area contributed by atoms with Crippen molar-refractivity contribution in [2.24, 2.45) is 7.05 Å². The Morgan fingerprint density at radius 1 is 1.41 bits per heavy atom. The van der Waals surface area contributed by atoms with E-state index < -0.39 is 39.8 Å². The number of aromatic nitrogens is 2. The number of carbonyl (C=O) groups excluding carboxylic acids is 1. The molecule has 0 radical (unpaired) electrons. The van der Waals surface area contributed by atoms with Crippen molar-refractivity contribution in [2.45, 2.75) is 11.2 Å². The van der Waals surface area contributed by atoms with E-state index in [1.807, 2.05) is 5.32 Å². The predicted octanol–water partition coefficient (Wildman–Crippen LogP) is 2.22. The van der Waals surface area contributed by atoms with Crippen molar-refractivity contribution in [3.63, 3.8) is 0 Å². The summed E-state index contributed by atoms with van der Waals surface area (Å²) in [4.78, 5) is 11.3. The zero-order valence-corrected chi connectivity index (χ0v) is 15.4. The standard InChI is InChI=1S/C14H13ClF3N3O5S/c1-21-13(27(2,24)25)11(15)12(20-21)26-7-3-4-8(14(16,17)18)9(5-7)19-10(23)6-22/h3-5,22H,6H2,1-2H3,(H,19,23). The first-order chi connectivity index (χ1) is 12.3. The fourth-order valence-corrected chi connectivity index (χ4v) is 3.72. The molecule has 2 aromatic rings. The molecule has 13 heteroatoms. The SMILES string of the molecule is Cn1nc(Oc2ccc(C(F)(F)F)c(NC(=O)CO)c2)c(Cl)c1S(C)(=O)=O. The van der Waals surface area contributed by atoms with Gasteiger partial charge >= 0.3 is 6.18 Å². The number of aliphatic hydroxyl groups is 1. The minimum atomic E-state index is -4.78. The molecule has 148 valence electrons. The number of carbonyl (C=O) groups is 1. The molecule has 2 rings (SSSR count). The Morgan fingerprint density at radius 3 is 2.52 bits per heavy atom. The lowest BCUT2D eigenvalue weighted by Crippen LogP contribution is -2.19. The Kier molecular flexibility index (Phi) is 5.73. The number of ether oxygens (including phenoxy) is 1. The first-order valence-corrected chi connectivity index (χ1v) is 9.34. The third kappa shape index (κ3) is 4.70. The monoisotopic (exact) mass is 427 g/mol. The van der Waals surface area contributed by atoms with Crippen LogP contribution in [0.15, 0.2) is 23.2 Å². The Bertz CT molecular complexity index is 989. The summed E-state index contributed by atoms with van der Waals surface area (Å²) in [6.45, 7) is -1.02. The molecule has 1 heterocycles. The average molecular weight is 428 g/mol. The maximum Gasteiger partial charge on any atom is 0.418 e. The van der Waals surface area contributed by atoms with Crippen molar-refractivity contribution in [3.8, 4) is 11.6 Å². The van der Waals surface area contributed by atoms with E-state index in [1.54, 1.807) is 0 Å². The highest BCUT2D eigenvalue weighted by atomic mass is 35.5. The molecule has 0 saturated heterocycles. The summed E-state index contributed by atoms with van der Waals surface area (Å²) in [5.41, 5.74) is -1.82.